The van der Waals surface area contributed by atoms with Gasteiger partial charge < -0.3 is 9.47 Å². The highest BCUT2D eigenvalue weighted by Gasteiger charge is 2.57. The third-order valence-corrected chi connectivity index (χ3v) is 14.1. The summed E-state index contributed by atoms with van der Waals surface area (Å²) < 4.78 is 2.39. The van der Waals surface area contributed by atoms with Crippen molar-refractivity contribution in [2.24, 2.45) is 0 Å². The normalized spacial score (nSPS) is 14.7. The first-order chi connectivity index (χ1) is 31.3. The van der Waals surface area contributed by atoms with Gasteiger partial charge in [0.25, 0.3) is 0 Å². The fourth-order valence-electron chi connectivity index (χ4n) is 11.6. The molecule has 0 aliphatic heterocycles. The van der Waals surface area contributed by atoms with E-state index >= 15 is 0 Å². The lowest BCUT2D eigenvalue weighted by Gasteiger charge is -2.28. The Morgan fingerprint density at radius 3 is 1.63 bits per heavy atom. The van der Waals surface area contributed by atoms with Crippen LogP contribution in [-0.4, -0.2) is 4.57 Å². The van der Waals surface area contributed by atoms with E-state index in [1.54, 1.807) is 0 Å². The van der Waals surface area contributed by atoms with Gasteiger partial charge in [0.2, 0.25) is 0 Å². The van der Waals surface area contributed by atoms with Gasteiger partial charge in [0.05, 0.1) is 22.1 Å². The minimum Gasteiger partial charge on any atom is -0.310 e. The van der Waals surface area contributed by atoms with E-state index in [4.69, 9.17) is 0 Å². The van der Waals surface area contributed by atoms with Crippen LogP contribution in [0.3, 0.4) is 0 Å². The van der Waals surface area contributed by atoms with Gasteiger partial charge in [-0.2, -0.15) is 0 Å². The van der Waals surface area contributed by atoms with Crippen LogP contribution < -0.4 is 4.90 Å². The molecule has 63 heavy (non-hydrogen) atoms. The van der Waals surface area contributed by atoms with Gasteiger partial charge in [-0.3, -0.25) is 0 Å². The molecule has 2 nitrogen and oxygen atoms in total. The monoisotopic (exact) mass is 798 g/mol. The minimum atomic E-state index is -0.306. The molecule has 0 saturated heterocycles. The zero-order chi connectivity index (χ0) is 41.2. The number of nitrogens with zero attached hydrogens (tertiary/aromatic N) is 2. The number of fused-ring (bicyclic) bond motifs is 8. The van der Waals surface area contributed by atoms with Gasteiger partial charge in [-0.25, -0.2) is 0 Å². The lowest BCUT2D eigenvalue weighted by atomic mass is 9.73. The summed E-state index contributed by atoms with van der Waals surface area (Å²) in [6.07, 6.45) is 0. The van der Waals surface area contributed by atoms with Crippen molar-refractivity contribution in [2.75, 3.05) is 4.90 Å². The predicted molar refractivity (Wildman–Crippen MR) is 262 cm³/mol. The Labute approximate surface area is 366 Å². The number of rotatable bonds is 6. The van der Waals surface area contributed by atoms with Crippen molar-refractivity contribution in [2.45, 2.75) is 5.41 Å². The number of aromatic nitrogens is 1. The topological polar surface area (TPSA) is 8.17 Å². The van der Waals surface area contributed by atoms with Crippen molar-refractivity contribution in [1.82, 2.24) is 4.57 Å². The van der Waals surface area contributed by atoms with E-state index in [0.717, 1.165) is 22.7 Å². The van der Waals surface area contributed by atoms with Crippen LogP contribution in [0.4, 0.5) is 17.1 Å². The standard InChI is InChI=1S/C61H38N2/c1-3-15-40(16-4-1)45-19-8-11-27-56(45)62(44-34-36-58-53(38-44)48-21-9-12-28-57(48)63(58)42-17-5-2-6-18-42)43-32-29-39(30-33-43)41-31-35-47-50-23-14-25-52-51-24-13-22-49-46-20-7-10-26-54(46)61(59(49)51,60(50)52)55(47)37-41/h1-38H. The highest BCUT2D eigenvalue weighted by molar-refractivity contribution is 6.11. The lowest BCUT2D eigenvalue weighted by molar-refractivity contribution is 0.818. The van der Waals surface area contributed by atoms with E-state index < -0.39 is 0 Å². The quantitative estimate of drug-likeness (QED) is 0.163. The maximum absolute atomic E-state index is 2.50. The largest absolute Gasteiger partial charge is 0.310 e. The van der Waals surface area contributed by atoms with Crippen LogP contribution in [0.1, 0.15) is 22.3 Å². The molecule has 1 atom stereocenters. The zero-order valence-electron chi connectivity index (χ0n) is 34.3. The Morgan fingerprint density at radius 2 is 0.873 bits per heavy atom. The van der Waals surface area contributed by atoms with Crippen LogP contribution in [0.15, 0.2) is 231 Å². The molecule has 14 rings (SSSR count). The molecule has 1 aromatic heterocycles. The molecule has 1 spiro atoms. The summed E-state index contributed by atoms with van der Waals surface area (Å²) in [7, 11) is 0. The molecular formula is C61H38N2. The molecule has 10 aromatic carbocycles. The number of para-hydroxylation sites is 3. The molecule has 3 aliphatic carbocycles. The van der Waals surface area contributed by atoms with Crippen molar-refractivity contribution < 1.29 is 0 Å². The maximum Gasteiger partial charge on any atom is 0.0737 e. The molecule has 0 amide bonds. The first-order valence-corrected chi connectivity index (χ1v) is 21.9. The summed E-state index contributed by atoms with van der Waals surface area (Å²) in [6.45, 7) is 0. The molecule has 292 valence electrons. The van der Waals surface area contributed by atoms with Gasteiger partial charge >= 0.3 is 0 Å². The van der Waals surface area contributed by atoms with Crippen LogP contribution in [-0.2, 0) is 5.41 Å². The van der Waals surface area contributed by atoms with Crippen molar-refractivity contribution in [3.05, 3.63) is 253 Å². The van der Waals surface area contributed by atoms with Gasteiger partial charge in [0.15, 0.2) is 0 Å². The third-order valence-electron chi connectivity index (χ3n) is 14.1. The van der Waals surface area contributed by atoms with Crippen molar-refractivity contribution in [3.63, 3.8) is 0 Å². The lowest BCUT2D eigenvalue weighted by Crippen LogP contribution is -2.23. The highest BCUT2D eigenvalue weighted by atomic mass is 15.1. The van der Waals surface area contributed by atoms with Crippen molar-refractivity contribution in [1.29, 1.82) is 0 Å². The second-order valence-corrected chi connectivity index (χ2v) is 17.2. The SMILES string of the molecule is c1ccc(-c2ccccc2N(c2ccc(-c3ccc4c(c3)C35c6ccccc6-c6cccc(c63)-c3cccc-4c35)cc2)c2ccc3c(c2)c2ccccc2n3-c2ccccc2)cc1. The molecule has 0 bridgehead atoms. The van der Waals surface area contributed by atoms with Crippen molar-refractivity contribution >= 4 is 38.9 Å². The van der Waals surface area contributed by atoms with E-state index in [1.165, 1.54) is 99.7 Å². The Hall–Kier alpha value is -8.20. The van der Waals surface area contributed by atoms with Crippen molar-refractivity contribution in [3.8, 4) is 61.3 Å². The fraction of sp³-hybridized carbons (Fsp3) is 0.0164. The van der Waals surface area contributed by atoms with Crippen LogP contribution in [0, 0.1) is 0 Å². The Morgan fingerprint density at radius 1 is 0.317 bits per heavy atom. The summed E-state index contributed by atoms with van der Waals surface area (Å²) in [6, 6.07) is 85.4. The predicted octanol–water partition coefficient (Wildman–Crippen LogP) is 15.9. The molecule has 11 aromatic rings. The van der Waals surface area contributed by atoms with Crippen LogP contribution in [0.25, 0.3) is 83.1 Å². The smallest absolute Gasteiger partial charge is 0.0737 e. The van der Waals surface area contributed by atoms with Crippen LogP contribution in [0.2, 0.25) is 0 Å². The molecule has 3 aliphatic rings. The molecule has 1 unspecified atom stereocenters. The molecule has 0 N–H and O–H groups in total. The molecule has 1 heterocycles. The Bertz CT molecular complexity index is 3640. The van der Waals surface area contributed by atoms with Gasteiger partial charge in [0.1, 0.15) is 0 Å². The summed E-state index contributed by atoms with van der Waals surface area (Å²) in [4.78, 5) is 2.44. The maximum atomic E-state index is 2.50. The third kappa shape index (κ3) is 4.62. The number of anilines is 3. The minimum absolute atomic E-state index is 0.306. The van der Waals surface area contributed by atoms with E-state index in [-0.39, 0.29) is 5.41 Å². The second-order valence-electron chi connectivity index (χ2n) is 17.2. The average Bonchev–Trinajstić information content (AvgIpc) is 4.05. The first kappa shape index (κ1) is 34.5. The summed E-state index contributed by atoms with van der Waals surface area (Å²) in [5.41, 5.74) is 25.2. The summed E-state index contributed by atoms with van der Waals surface area (Å²) in [5, 5.41) is 2.45. The van der Waals surface area contributed by atoms with E-state index in [9.17, 15) is 0 Å². The van der Waals surface area contributed by atoms with Gasteiger partial charge in [0, 0.05) is 33.4 Å². The van der Waals surface area contributed by atoms with Crippen LogP contribution in [0.5, 0.6) is 0 Å². The van der Waals surface area contributed by atoms with E-state index in [1.807, 2.05) is 0 Å². The summed E-state index contributed by atoms with van der Waals surface area (Å²) in [5.74, 6) is 0. The highest BCUT2D eigenvalue weighted by Crippen LogP contribution is 2.70. The molecular weight excluding hydrogens is 761 g/mol. The molecule has 0 fully saturated rings. The number of benzene rings is 10. The molecule has 0 saturated carbocycles. The molecule has 0 radical (unpaired) electrons. The van der Waals surface area contributed by atoms with Gasteiger partial charge in [-0.15, -0.1) is 0 Å². The Balaban J connectivity index is 0.937. The average molecular weight is 799 g/mol. The zero-order valence-corrected chi connectivity index (χ0v) is 34.3. The molecule has 2 heteroatoms. The van der Waals surface area contributed by atoms with E-state index in [0.29, 0.717) is 0 Å². The summed E-state index contributed by atoms with van der Waals surface area (Å²) >= 11 is 0. The second kappa shape index (κ2) is 12.9. The number of hydrogen-bond donors (Lipinski definition) is 0. The number of hydrogen-bond acceptors (Lipinski definition) is 1. The first-order valence-electron chi connectivity index (χ1n) is 21.9. The van der Waals surface area contributed by atoms with Crippen LogP contribution >= 0.6 is 0 Å². The van der Waals surface area contributed by atoms with E-state index in [2.05, 4.69) is 240 Å². The Kier molecular flexibility index (Phi) is 7.07. The van der Waals surface area contributed by atoms with Gasteiger partial charge in [-0.05, 0) is 133 Å². The fourth-order valence-corrected chi connectivity index (χ4v) is 11.6. The van der Waals surface area contributed by atoms with Gasteiger partial charge in [-0.1, -0.05) is 170 Å².